The number of benzene rings is 3. The minimum Gasteiger partial charge on any atom is -0.324 e. The van der Waals surface area contributed by atoms with Crippen LogP contribution in [0.5, 0.6) is 0 Å². The Hall–Kier alpha value is -3.65. The summed E-state index contributed by atoms with van der Waals surface area (Å²) < 4.78 is 14.4. The van der Waals surface area contributed by atoms with Crippen LogP contribution in [-0.4, -0.2) is 46.5 Å². The van der Waals surface area contributed by atoms with E-state index in [1.807, 2.05) is 48.5 Å². The first-order chi connectivity index (χ1) is 17.0. The summed E-state index contributed by atoms with van der Waals surface area (Å²) in [4.78, 5) is 42.7. The van der Waals surface area contributed by atoms with Crippen LogP contribution < -0.4 is 5.32 Å². The highest BCUT2D eigenvalue weighted by atomic mass is 32.2. The quantitative estimate of drug-likeness (QED) is 0.530. The highest BCUT2D eigenvalue weighted by Gasteiger charge is 2.53. The molecular formula is C27H24FN3O3S. The Morgan fingerprint density at radius 2 is 1.63 bits per heavy atom. The van der Waals surface area contributed by atoms with Gasteiger partial charge in [-0.2, -0.15) is 0 Å². The lowest BCUT2D eigenvalue weighted by atomic mass is 9.83. The first-order valence-electron chi connectivity index (χ1n) is 11.4. The van der Waals surface area contributed by atoms with Crippen molar-refractivity contribution in [2.75, 3.05) is 18.8 Å². The third-order valence-electron chi connectivity index (χ3n) is 6.43. The van der Waals surface area contributed by atoms with Crippen LogP contribution in [0.3, 0.4) is 0 Å². The Morgan fingerprint density at radius 1 is 0.971 bits per heavy atom. The molecule has 6 nitrogen and oxygen atoms in total. The van der Waals surface area contributed by atoms with Gasteiger partial charge in [-0.25, -0.2) is 9.18 Å². The topological polar surface area (TPSA) is 69.7 Å². The average Bonchev–Trinajstić information content (AvgIpc) is 3.45. The van der Waals surface area contributed by atoms with Crippen molar-refractivity contribution in [1.82, 2.24) is 15.1 Å². The normalized spacial score (nSPS) is 21.9. The average molecular weight is 490 g/mol. The van der Waals surface area contributed by atoms with E-state index in [0.717, 1.165) is 10.5 Å². The van der Waals surface area contributed by atoms with Gasteiger partial charge in [0.05, 0.1) is 0 Å². The second-order valence-corrected chi connectivity index (χ2v) is 9.78. The van der Waals surface area contributed by atoms with E-state index in [-0.39, 0.29) is 12.2 Å². The molecule has 178 valence electrons. The van der Waals surface area contributed by atoms with Crippen LogP contribution in [0, 0.1) is 5.82 Å². The van der Waals surface area contributed by atoms with E-state index in [2.05, 4.69) is 5.32 Å². The van der Waals surface area contributed by atoms with E-state index in [0.29, 0.717) is 23.4 Å². The Bertz CT molecular complexity index is 1260. The molecule has 5 rings (SSSR count). The highest BCUT2D eigenvalue weighted by molar-refractivity contribution is 7.99. The summed E-state index contributed by atoms with van der Waals surface area (Å²) in [6.07, 6.45) is 0.254. The smallest absolute Gasteiger partial charge is 0.324 e. The minimum atomic E-state index is -1.31. The van der Waals surface area contributed by atoms with Gasteiger partial charge in [0, 0.05) is 24.3 Å². The van der Waals surface area contributed by atoms with E-state index in [4.69, 9.17) is 0 Å². The maximum atomic E-state index is 14.4. The van der Waals surface area contributed by atoms with Crippen molar-refractivity contribution in [2.24, 2.45) is 0 Å². The number of nitrogens with zero attached hydrogens (tertiary/aromatic N) is 2. The van der Waals surface area contributed by atoms with Crippen molar-refractivity contribution < 1.29 is 18.8 Å². The molecule has 2 heterocycles. The van der Waals surface area contributed by atoms with E-state index >= 15 is 0 Å². The van der Waals surface area contributed by atoms with E-state index in [1.54, 1.807) is 35.2 Å². The molecule has 35 heavy (non-hydrogen) atoms. The summed E-state index contributed by atoms with van der Waals surface area (Å²) in [6, 6.07) is 24.3. The summed E-state index contributed by atoms with van der Waals surface area (Å²) in [5.41, 5.74) is 0.639. The number of hydrogen-bond donors (Lipinski definition) is 1. The molecule has 2 atom stereocenters. The first-order valence-corrected chi connectivity index (χ1v) is 12.4. The van der Waals surface area contributed by atoms with Crippen molar-refractivity contribution in [3.63, 3.8) is 0 Å². The van der Waals surface area contributed by atoms with Gasteiger partial charge in [-0.05, 0) is 17.2 Å². The zero-order valence-electron chi connectivity index (χ0n) is 18.9. The molecule has 0 spiro atoms. The molecule has 0 bridgehead atoms. The number of amides is 4. The Kier molecular flexibility index (Phi) is 6.30. The van der Waals surface area contributed by atoms with Gasteiger partial charge >= 0.3 is 6.03 Å². The Balaban J connectivity index is 1.42. The fraction of sp³-hybridized carbons (Fsp3) is 0.222. The third-order valence-corrected chi connectivity index (χ3v) is 7.67. The summed E-state index contributed by atoms with van der Waals surface area (Å²) in [6.45, 7) is 0.0134. The number of hydrogen-bond acceptors (Lipinski definition) is 4. The molecule has 3 aromatic carbocycles. The molecule has 0 aromatic heterocycles. The molecule has 2 fully saturated rings. The monoisotopic (exact) mass is 489 g/mol. The molecule has 2 saturated heterocycles. The van der Waals surface area contributed by atoms with Gasteiger partial charge in [-0.3, -0.25) is 14.5 Å². The molecule has 3 aromatic rings. The van der Waals surface area contributed by atoms with Gasteiger partial charge in [0.2, 0.25) is 5.91 Å². The van der Waals surface area contributed by atoms with Gasteiger partial charge < -0.3 is 10.2 Å². The molecule has 0 saturated carbocycles. The fourth-order valence-corrected chi connectivity index (χ4v) is 6.00. The fourth-order valence-electron chi connectivity index (χ4n) is 4.70. The largest absolute Gasteiger partial charge is 0.325 e. The summed E-state index contributed by atoms with van der Waals surface area (Å²) in [7, 11) is 0. The number of imide groups is 1. The van der Waals surface area contributed by atoms with Crippen molar-refractivity contribution in [2.45, 2.75) is 17.3 Å². The predicted molar refractivity (Wildman–Crippen MR) is 132 cm³/mol. The lowest BCUT2D eigenvalue weighted by molar-refractivity contribution is -0.139. The van der Waals surface area contributed by atoms with Gasteiger partial charge in [0.15, 0.2) is 5.54 Å². The summed E-state index contributed by atoms with van der Waals surface area (Å²) >= 11 is 1.47. The zero-order valence-corrected chi connectivity index (χ0v) is 19.7. The molecule has 8 heteroatoms. The van der Waals surface area contributed by atoms with Gasteiger partial charge in [0.25, 0.3) is 5.91 Å². The van der Waals surface area contributed by atoms with E-state index in [1.165, 1.54) is 17.8 Å². The number of urea groups is 1. The highest BCUT2D eigenvalue weighted by Crippen LogP contribution is 2.39. The number of carbonyl (C=O) groups is 3. The zero-order chi connectivity index (χ0) is 24.4. The summed E-state index contributed by atoms with van der Waals surface area (Å²) in [5.74, 6) is -0.603. The molecule has 0 radical (unpaired) electrons. The summed E-state index contributed by atoms with van der Waals surface area (Å²) in [5, 5.41) is 2.39. The van der Waals surface area contributed by atoms with Crippen LogP contribution in [0.15, 0.2) is 84.9 Å². The number of nitrogens with one attached hydrogen (secondary N) is 1. The first kappa shape index (κ1) is 23.1. The van der Waals surface area contributed by atoms with Crippen LogP contribution in [0.2, 0.25) is 0 Å². The van der Waals surface area contributed by atoms with Crippen LogP contribution in [0.1, 0.15) is 22.1 Å². The molecule has 0 aliphatic carbocycles. The Labute approximate surface area is 207 Å². The SMILES string of the molecule is O=C1N[C@](Cc2ccccc2)(c2ccccc2)C(=O)N1CC(=O)N1CCS[C@@H]1c1ccccc1F. The third kappa shape index (κ3) is 4.30. The van der Waals surface area contributed by atoms with E-state index in [9.17, 15) is 18.8 Å². The number of thioether (sulfide) groups is 1. The molecule has 2 aliphatic rings. The maximum absolute atomic E-state index is 14.4. The molecule has 2 aliphatic heterocycles. The van der Waals surface area contributed by atoms with Crippen molar-refractivity contribution in [1.29, 1.82) is 0 Å². The van der Waals surface area contributed by atoms with Crippen molar-refractivity contribution in [3.05, 3.63) is 107 Å². The standard InChI is InChI=1S/C27H24FN3O3S/c28-22-14-8-7-13-21(22)24-30(15-16-35-24)23(32)18-31-25(33)27(29-26(31)34,20-11-5-2-6-12-20)17-19-9-3-1-4-10-19/h1-14,24H,15-18H2,(H,29,34)/t24-,27-/m1/s1. The number of halogens is 1. The van der Waals surface area contributed by atoms with Gasteiger partial charge in [0.1, 0.15) is 17.7 Å². The molecular weight excluding hydrogens is 465 g/mol. The molecule has 1 N–H and O–H groups in total. The predicted octanol–water partition coefficient (Wildman–Crippen LogP) is 4.09. The molecule has 4 amide bonds. The van der Waals surface area contributed by atoms with Crippen LogP contribution in [0.25, 0.3) is 0 Å². The second-order valence-electron chi connectivity index (χ2n) is 8.59. The lowest BCUT2D eigenvalue weighted by Crippen LogP contribution is -2.47. The Morgan fingerprint density at radius 3 is 2.34 bits per heavy atom. The van der Waals surface area contributed by atoms with Crippen molar-refractivity contribution in [3.8, 4) is 0 Å². The second kappa shape index (κ2) is 9.54. The van der Waals surface area contributed by atoms with Crippen molar-refractivity contribution >= 4 is 29.6 Å². The van der Waals surface area contributed by atoms with Crippen LogP contribution in [0.4, 0.5) is 9.18 Å². The molecule has 0 unspecified atom stereocenters. The van der Waals surface area contributed by atoms with Gasteiger partial charge in [-0.1, -0.05) is 78.9 Å². The van der Waals surface area contributed by atoms with Crippen LogP contribution >= 0.6 is 11.8 Å². The van der Waals surface area contributed by atoms with Gasteiger partial charge in [-0.15, -0.1) is 11.8 Å². The van der Waals surface area contributed by atoms with Crippen LogP contribution in [-0.2, 0) is 21.5 Å². The minimum absolute atomic E-state index is 0.254. The lowest BCUT2D eigenvalue weighted by Gasteiger charge is -2.28. The number of carbonyl (C=O) groups excluding carboxylic acids is 3. The maximum Gasteiger partial charge on any atom is 0.325 e. The van der Waals surface area contributed by atoms with E-state index < -0.39 is 35.3 Å². The number of rotatable bonds is 6.